The van der Waals surface area contributed by atoms with E-state index in [1.807, 2.05) is 30.3 Å². The first-order valence-corrected chi connectivity index (χ1v) is 6.86. The molecule has 1 rings (SSSR count). The Kier molecular flexibility index (Phi) is 5.86. The monoisotopic (exact) mass is 354 g/mol. The number of carbonyl (C=O) groups excluding carboxylic acids is 1. The van der Waals surface area contributed by atoms with Crippen LogP contribution in [0, 0.1) is 11.3 Å². The largest absolute Gasteiger partial charge is 0.372 e. The molecule has 0 spiro atoms. The highest BCUT2D eigenvalue weighted by atomic mass is 127. The Morgan fingerprint density at radius 1 is 1.33 bits per heavy atom. The summed E-state index contributed by atoms with van der Waals surface area (Å²) in [6, 6.07) is 9.76. The van der Waals surface area contributed by atoms with Gasteiger partial charge in [-0.1, -0.05) is 12.1 Å². The normalized spacial score (nSPS) is 10.9. The van der Waals surface area contributed by atoms with E-state index < -0.39 is 0 Å². The molecule has 0 saturated heterocycles. The summed E-state index contributed by atoms with van der Waals surface area (Å²) in [5.74, 6) is 0. The van der Waals surface area contributed by atoms with Gasteiger partial charge in [-0.05, 0) is 37.6 Å². The van der Waals surface area contributed by atoms with E-state index in [9.17, 15) is 4.79 Å². The molecule has 0 atom stereocenters. The van der Waals surface area contributed by atoms with Gasteiger partial charge in [0.25, 0.3) is 0 Å². The molecule has 0 heterocycles. The minimum Gasteiger partial charge on any atom is -0.372 e. The van der Waals surface area contributed by atoms with Crippen molar-refractivity contribution in [1.29, 1.82) is 5.26 Å². The average Bonchev–Trinajstić information content (AvgIpc) is 2.38. The maximum Gasteiger partial charge on any atom is 0.232 e. The lowest BCUT2D eigenvalue weighted by molar-refractivity contribution is -0.106. The molecule has 3 nitrogen and oxygen atoms in total. The maximum absolute atomic E-state index is 11.1. The third kappa shape index (κ3) is 3.84. The Balaban J connectivity index is 2.97. The van der Waals surface area contributed by atoms with Crippen LogP contribution in [0.4, 0.5) is 5.69 Å². The second-order valence-corrected chi connectivity index (χ2v) is 4.69. The fourth-order valence-corrected chi connectivity index (χ4v) is 1.95. The van der Waals surface area contributed by atoms with E-state index in [2.05, 4.69) is 18.7 Å². The summed E-state index contributed by atoms with van der Waals surface area (Å²) in [5.41, 5.74) is 2.19. The number of rotatable bonds is 5. The van der Waals surface area contributed by atoms with Crippen molar-refractivity contribution >= 4 is 38.1 Å². The van der Waals surface area contributed by atoms with Gasteiger partial charge in [0.05, 0.1) is 0 Å². The number of anilines is 1. The Hall–Kier alpha value is -1.35. The van der Waals surface area contributed by atoms with E-state index in [4.69, 9.17) is 5.26 Å². The molecule has 0 fully saturated rings. The molecule has 1 aromatic rings. The first kappa shape index (κ1) is 14.7. The van der Waals surface area contributed by atoms with Crippen molar-refractivity contribution in [3.05, 3.63) is 35.4 Å². The summed E-state index contributed by atoms with van der Waals surface area (Å²) in [6.45, 7) is 6.14. The molecule has 0 aromatic heterocycles. The zero-order valence-electron chi connectivity index (χ0n) is 10.5. The molecule has 0 radical (unpaired) electrons. The minimum atomic E-state index is -0.233. The number of carbonyl (C=O) groups is 1. The van der Waals surface area contributed by atoms with Gasteiger partial charge < -0.3 is 4.90 Å². The fourth-order valence-electron chi connectivity index (χ4n) is 1.67. The third-order valence-electron chi connectivity index (χ3n) is 2.66. The zero-order chi connectivity index (χ0) is 13.5. The number of nitrogens with zero attached hydrogens (tertiary/aromatic N) is 2. The maximum atomic E-state index is 11.1. The number of halogens is 1. The number of hydrogen-bond acceptors (Lipinski definition) is 3. The Morgan fingerprint density at radius 3 is 2.28 bits per heavy atom. The topological polar surface area (TPSA) is 44.1 Å². The number of nitriles is 1. The van der Waals surface area contributed by atoms with Gasteiger partial charge in [0.15, 0.2) is 0 Å². The molecule has 94 valence electrons. The molecule has 0 aliphatic carbocycles. The van der Waals surface area contributed by atoms with E-state index in [1.54, 1.807) is 28.7 Å². The predicted molar refractivity (Wildman–Crippen MR) is 82.6 cm³/mol. The van der Waals surface area contributed by atoms with Gasteiger partial charge in [-0.3, -0.25) is 4.79 Å². The van der Waals surface area contributed by atoms with Crippen LogP contribution in [0.3, 0.4) is 0 Å². The molecule has 0 N–H and O–H groups in total. The lowest BCUT2D eigenvalue weighted by Crippen LogP contribution is -2.21. The second kappa shape index (κ2) is 7.17. The molecule has 0 aliphatic heterocycles. The van der Waals surface area contributed by atoms with Crippen LogP contribution in [0.25, 0.3) is 6.08 Å². The van der Waals surface area contributed by atoms with Crippen molar-refractivity contribution < 1.29 is 4.79 Å². The van der Waals surface area contributed by atoms with Crippen LogP contribution in [-0.4, -0.2) is 16.9 Å². The van der Waals surface area contributed by atoms with E-state index in [0.29, 0.717) is 0 Å². The van der Waals surface area contributed by atoms with Crippen LogP contribution in [0.2, 0.25) is 0 Å². The molecule has 4 heteroatoms. The minimum absolute atomic E-state index is 0.172. The highest BCUT2D eigenvalue weighted by molar-refractivity contribution is 14.1. The van der Waals surface area contributed by atoms with Gasteiger partial charge in [-0.2, -0.15) is 5.26 Å². The van der Waals surface area contributed by atoms with Gasteiger partial charge in [-0.15, -0.1) is 0 Å². The van der Waals surface area contributed by atoms with E-state index in [0.717, 1.165) is 24.3 Å². The van der Waals surface area contributed by atoms with Gasteiger partial charge in [0.1, 0.15) is 11.6 Å². The van der Waals surface area contributed by atoms with Crippen molar-refractivity contribution in [1.82, 2.24) is 0 Å². The highest BCUT2D eigenvalue weighted by Gasteiger charge is 2.05. The summed E-state index contributed by atoms with van der Waals surface area (Å²) in [7, 11) is 0. The molecule has 0 unspecified atom stereocenters. The zero-order valence-corrected chi connectivity index (χ0v) is 12.6. The van der Waals surface area contributed by atoms with Gasteiger partial charge >= 0.3 is 0 Å². The van der Waals surface area contributed by atoms with Crippen molar-refractivity contribution in [2.75, 3.05) is 18.0 Å². The van der Waals surface area contributed by atoms with Crippen molar-refractivity contribution in [2.24, 2.45) is 0 Å². The highest BCUT2D eigenvalue weighted by Crippen LogP contribution is 2.17. The van der Waals surface area contributed by atoms with Gasteiger partial charge in [0.2, 0.25) is 3.79 Å². The van der Waals surface area contributed by atoms with Crippen LogP contribution in [0.1, 0.15) is 19.4 Å². The van der Waals surface area contributed by atoms with E-state index in [1.165, 1.54) is 0 Å². The number of allylic oxidation sites excluding steroid dienone is 1. The standard InChI is InChI=1S/C14H15IN2O/c1-3-17(4-2)13-7-5-11(6-8-13)9-12(10-16)14(15)18/h5-9H,3-4H2,1-2H3/b12-9+. The second-order valence-electron chi connectivity index (χ2n) is 3.71. The van der Waals surface area contributed by atoms with Gasteiger partial charge in [0, 0.05) is 41.4 Å². The Morgan fingerprint density at radius 2 is 1.89 bits per heavy atom. The summed E-state index contributed by atoms with van der Waals surface area (Å²) < 4.78 is -0.233. The lowest BCUT2D eigenvalue weighted by Gasteiger charge is -2.20. The first-order valence-electron chi connectivity index (χ1n) is 5.79. The quantitative estimate of drug-likeness (QED) is 0.352. The van der Waals surface area contributed by atoms with Crippen molar-refractivity contribution in [3.8, 4) is 6.07 Å². The molecule has 0 saturated carbocycles. The lowest BCUT2D eigenvalue weighted by atomic mass is 10.1. The number of benzene rings is 1. The Bertz CT molecular complexity index is 482. The van der Waals surface area contributed by atoms with Gasteiger partial charge in [-0.25, -0.2) is 0 Å². The molecule has 1 aromatic carbocycles. The summed E-state index contributed by atoms with van der Waals surface area (Å²) in [6.07, 6.45) is 1.61. The summed E-state index contributed by atoms with van der Waals surface area (Å²) >= 11 is 1.62. The molecular formula is C14H15IN2O. The summed E-state index contributed by atoms with van der Waals surface area (Å²) in [5, 5.41) is 8.82. The Labute approximate surface area is 121 Å². The van der Waals surface area contributed by atoms with Crippen LogP contribution >= 0.6 is 22.6 Å². The van der Waals surface area contributed by atoms with Crippen LogP contribution in [-0.2, 0) is 4.79 Å². The number of hydrogen-bond donors (Lipinski definition) is 0. The van der Waals surface area contributed by atoms with Crippen LogP contribution < -0.4 is 4.90 Å². The third-order valence-corrected chi connectivity index (χ3v) is 3.25. The molecule has 0 amide bonds. The fraction of sp³-hybridized carbons (Fsp3) is 0.286. The summed E-state index contributed by atoms with van der Waals surface area (Å²) in [4.78, 5) is 13.4. The first-order chi connectivity index (χ1) is 8.62. The average molecular weight is 354 g/mol. The van der Waals surface area contributed by atoms with Crippen LogP contribution in [0.15, 0.2) is 29.8 Å². The molecule has 18 heavy (non-hydrogen) atoms. The molecule has 0 bridgehead atoms. The molecule has 0 aliphatic rings. The predicted octanol–water partition coefficient (Wildman–Crippen LogP) is 3.40. The van der Waals surface area contributed by atoms with Crippen LogP contribution in [0.5, 0.6) is 0 Å². The van der Waals surface area contributed by atoms with E-state index in [-0.39, 0.29) is 9.36 Å². The smallest absolute Gasteiger partial charge is 0.232 e. The SMILES string of the molecule is CCN(CC)c1ccc(/C=C(\C#N)C(=O)I)cc1. The van der Waals surface area contributed by atoms with Crippen molar-refractivity contribution in [2.45, 2.75) is 13.8 Å². The van der Waals surface area contributed by atoms with E-state index >= 15 is 0 Å². The van der Waals surface area contributed by atoms with Crippen molar-refractivity contribution in [3.63, 3.8) is 0 Å². The molecular weight excluding hydrogens is 339 g/mol.